The molecule has 0 fully saturated rings. The number of amides is 1. The summed E-state index contributed by atoms with van der Waals surface area (Å²) in [5.74, 6) is -1.09. The molecule has 0 spiro atoms. The molecule has 0 saturated heterocycles. The molecule has 32 heavy (non-hydrogen) atoms. The van der Waals surface area contributed by atoms with Crippen molar-refractivity contribution in [3.63, 3.8) is 0 Å². The summed E-state index contributed by atoms with van der Waals surface area (Å²) in [5.41, 5.74) is -1.08. The molecule has 0 aliphatic rings. The van der Waals surface area contributed by atoms with Gasteiger partial charge in [-0.3, -0.25) is 14.2 Å². The number of aryl methyl sites for hydroxylation is 1. The van der Waals surface area contributed by atoms with Crippen molar-refractivity contribution >= 4 is 39.1 Å². The number of hydrogen-bond acceptors (Lipinski definition) is 6. The monoisotopic (exact) mass is 467 g/mol. The van der Waals surface area contributed by atoms with Gasteiger partial charge >= 0.3 is 12.1 Å². The maximum Gasteiger partial charge on any atom is 0.416 e. The molecular formula is C21H20F3N3O4S. The number of fused-ring (bicyclic) bond motifs is 1. The quantitative estimate of drug-likeness (QED) is 0.548. The molecule has 0 saturated carbocycles. The molecule has 0 aliphatic carbocycles. The molecule has 7 nitrogen and oxygen atoms in total. The molecule has 170 valence electrons. The Balaban J connectivity index is 1.82. The van der Waals surface area contributed by atoms with E-state index < -0.39 is 35.7 Å². The minimum absolute atomic E-state index is 0.0474. The van der Waals surface area contributed by atoms with Crippen LogP contribution in [0.2, 0.25) is 0 Å². The third-order valence-electron chi connectivity index (χ3n) is 4.44. The highest BCUT2D eigenvalue weighted by Gasteiger charge is 2.30. The van der Waals surface area contributed by atoms with Crippen molar-refractivity contribution in [2.45, 2.75) is 33.5 Å². The number of thiophene rings is 1. The average Bonchev–Trinajstić information content (AvgIpc) is 3.05. The van der Waals surface area contributed by atoms with Gasteiger partial charge in [-0.05, 0) is 36.6 Å². The lowest BCUT2D eigenvalue weighted by Gasteiger charge is -2.10. The standard InChI is InChI=1S/C21H20F3N3O4S/c1-11(2)9-31-20(30)17-12(3)16-18(32-17)25-10-27(19(16)29)8-15(28)26-14-6-4-5-13(7-14)21(22,23)24/h4-7,10-11H,8-9H2,1-3H3,(H,26,28). The highest BCUT2D eigenvalue weighted by atomic mass is 32.1. The van der Waals surface area contributed by atoms with Gasteiger partial charge in [-0.1, -0.05) is 19.9 Å². The van der Waals surface area contributed by atoms with E-state index in [9.17, 15) is 27.6 Å². The summed E-state index contributed by atoms with van der Waals surface area (Å²) in [6.07, 6.45) is -3.38. The number of ether oxygens (including phenoxy) is 1. The first-order valence-corrected chi connectivity index (χ1v) is 10.4. The maximum atomic E-state index is 12.9. The van der Waals surface area contributed by atoms with E-state index in [0.717, 1.165) is 34.4 Å². The Morgan fingerprint density at radius 2 is 2.00 bits per heavy atom. The molecule has 1 aromatic carbocycles. The highest BCUT2D eigenvalue weighted by Crippen LogP contribution is 2.31. The van der Waals surface area contributed by atoms with E-state index in [2.05, 4.69) is 10.3 Å². The number of halogens is 3. The summed E-state index contributed by atoms with van der Waals surface area (Å²) < 4.78 is 44.8. The predicted molar refractivity (Wildman–Crippen MR) is 114 cm³/mol. The Morgan fingerprint density at radius 1 is 1.28 bits per heavy atom. The Morgan fingerprint density at radius 3 is 2.66 bits per heavy atom. The second kappa shape index (κ2) is 9.11. The summed E-state index contributed by atoms with van der Waals surface area (Å²) in [4.78, 5) is 42.3. The number of rotatable bonds is 6. The normalized spacial score (nSPS) is 11.7. The molecular weight excluding hydrogens is 447 g/mol. The lowest BCUT2D eigenvalue weighted by molar-refractivity contribution is -0.137. The van der Waals surface area contributed by atoms with Crippen LogP contribution in [0.3, 0.4) is 0 Å². The predicted octanol–water partition coefficient (Wildman–Crippen LogP) is 4.24. The van der Waals surface area contributed by atoms with Crippen LogP contribution in [0.1, 0.15) is 34.6 Å². The lowest BCUT2D eigenvalue weighted by atomic mass is 10.2. The summed E-state index contributed by atoms with van der Waals surface area (Å²) >= 11 is 1.03. The molecule has 2 heterocycles. The van der Waals surface area contributed by atoms with Gasteiger partial charge in [0.05, 0.1) is 23.9 Å². The first kappa shape index (κ1) is 23.5. The van der Waals surface area contributed by atoms with Gasteiger partial charge in [0.25, 0.3) is 5.56 Å². The van der Waals surface area contributed by atoms with Crippen LogP contribution in [0.15, 0.2) is 35.4 Å². The molecule has 2 aromatic heterocycles. The van der Waals surface area contributed by atoms with Gasteiger partial charge in [-0.25, -0.2) is 9.78 Å². The second-order valence-corrected chi connectivity index (χ2v) is 8.53. The van der Waals surface area contributed by atoms with Crippen molar-refractivity contribution in [2.24, 2.45) is 5.92 Å². The van der Waals surface area contributed by atoms with Crippen LogP contribution in [-0.4, -0.2) is 28.0 Å². The third-order valence-corrected chi connectivity index (χ3v) is 5.62. The zero-order valence-electron chi connectivity index (χ0n) is 17.4. The SMILES string of the molecule is Cc1c(C(=O)OCC(C)C)sc2ncn(CC(=O)Nc3cccc(C(F)(F)F)c3)c(=O)c12. The summed E-state index contributed by atoms with van der Waals surface area (Å²) in [6.45, 7) is 5.17. The summed E-state index contributed by atoms with van der Waals surface area (Å²) in [5, 5.41) is 2.54. The number of alkyl halides is 3. The fourth-order valence-electron chi connectivity index (χ4n) is 2.90. The van der Waals surface area contributed by atoms with Gasteiger partial charge in [-0.15, -0.1) is 11.3 Å². The number of anilines is 1. The molecule has 0 aliphatic heterocycles. The number of hydrogen-bond donors (Lipinski definition) is 1. The molecule has 3 rings (SSSR count). The molecule has 0 atom stereocenters. The van der Waals surface area contributed by atoms with E-state index in [1.165, 1.54) is 12.1 Å². The van der Waals surface area contributed by atoms with Gasteiger partial charge in [0.2, 0.25) is 5.91 Å². The number of carbonyl (C=O) groups excluding carboxylic acids is 2. The van der Waals surface area contributed by atoms with E-state index in [1.807, 2.05) is 13.8 Å². The van der Waals surface area contributed by atoms with Gasteiger partial charge in [0, 0.05) is 5.69 Å². The highest BCUT2D eigenvalue weighted by molar-refractivity contribution is 7.20. The van der Waals surface area contributed by atoms with E-state index in [-0.39, 0.29) is 28.5 Å². The third kappa shape index (κ3) is 5.16. The topological polar surface area (TPSA) is 90.3 Å². The summed E-state index contributed by atoms with van der Waals surface area (Å²) in [7, 11) is 0. The van der Waals surface area contributed by atoms with Crippen LogP contribution < -0.4 is 10.9 Å². The largest absolute Gasteiger partial charge is 0.461 e. The van der Waals surface area contributed by atoms with Crippen molar-refractivity contribution in [1.29, 1.82) is 0 Å². The van der Waals surface area contributed by atoms with Crippen LogP contribution in [0.4, 0.5) is 18.9 Å². The number of nitrogens with zero attached hydrogens (tertiary/aromatic N) is 2. The van der Waals surface area contributed by atoms with Crippen LogP contribution in [-0.2, 0) is 22.3 Å². The minimum atomic E-state index is -4.54. The Hall–Kier alpha value is -3.21. The van der Waals surface area contributed by atoms with Crippen molar-refractivity contribution in [2.75, 3.05) is 11.9 Å². The molecule has 3 aromatic rings. The van der Waals surface area contributed by atoms with E-state index in [0.29, 0.717) is 10.4 Å². The smallest absolute Gasteiger partial charge is 0.416 e. The van der Waals surface area contributed by atoms with Crippen LogP contribution >= 0.6 is 11.3 Å². The molecule has 11 heteroatoms. The van der Waals surface area contributed by atoms with Crippen LogP contribution in [0.5, 0.6) is 0 Å². The molecule has 1 amide bonds. The molecule has 0 unspecified atom stereocenters. The number of benzene rings is 1. The minimum Gasteiger partial charge on any atom is -0.461 e. The lowest BCUT2D eigenvalue weighted by Crippen LogP contribution is -2.28. The summed E-state index contributed by atoms with van der Waals surface area (Å²) in [6, 6.07) is 4.18. The Kier molecular flexibility index (Phi) is 6.68. The fourth-order valence-corrected chi connectivity index (χ4v) is 3.94. The number of carbonyl (C=O) groups is 2. The maximum absolute atomic E-state index is 12.9. The second-order valence-electron chi connectivity index (χ2n) is 7.53. The molecule has 0 bridgehead atoms. The van der Waals surface area contributed by atoms with E-state index in [4.69, 9.17) is 4.74 Å². The average molecular weight is 467 g/mol. The van der Waals surface area contributed by atoms with E-state index in [1.54, 1.807) is 6.92 Å². The molecule has 0 radical (unpaired) electrons. The molecule has 1 N–H and O–H groups in total. The zero-order valence-corrected chi connectivity index (χ0v) is 18.3. The number of nitrogens with one attached hydrogen (secondary N) is 1. The van der Waals surface area contributed by atoms with Crippen LogP contribution in [0, 0.1) is 12.8 Å². The first-order chi connectivity index (χ1) is 15.0. The van der Waals surface area contributed by atoms with Crippen molar-refractivity contribution in [3.8, 4) is 0 Å². The zero-order chi connectivity index (χ0) is 23.6. The van der Waals surface area contributed by atoms with Crippen LogP contribution in [0.25, 0.3) is 10.2 Å². The Bertz CT molecular complexity index is 1230. The fraction of sp³-hybridized carbons (Fsp3) is 0.333. The van der Waals surface area contributed by atoms with E-state index >= 15 is 0 Å². The number of aromatic nitrogens is 2. The van der Waals surface area contributed by atoms with Gasteiger partial charge in [0.15, 0.2) is 0 Å². The van der Waals surface area contributed by atoms with Gasteiger partial charge < -0.3 is 10.1 Å². The van der Waals surface area contributed by atoms with Gasteiger partial charge in [0.1, 0.15) is 16.3 Å². The first-order valence-electron chi connectivity index (χ1n) is 9.60. The van der Waals surface area contributed by atoms with Crippen molar-refractivity contribution in [1.82, 2.24) is 9.55 Å². The number of esters is 1. The van der Waals surface area contributed by atoms with Crippen molar-refractivity contribution < 1.29 is 27.5 Å². The van der Waals surface area contributed by atoms with Gasteiger partial charge in [-0.2, -0.15) is 13.2 Å². The van der Waals surface area contributed by atoms with Crippen molar-refractivity contribution in [3.05, 3.63) is 57.0 Å². The Labute approximate surface area is 184 Å².